The van der Waals surface area contributed by atoms with E-state index in [1.54, 1.807) is 0 Å². The molecule has 23 heavy (non-hydrogen) atoms. The lowest BCUT2D eigenvalue weighted by molar-refractivity contribution is -0.226. The first-order valence-corrected chi connectivity index (χ1v) is 9.36. The Labute approximate surface area is 138 Å². The number of aliphatic hydroxyl groups is 3. The first-order valence-electron chi connectivity index (χ1n) is 9.36. The van der Waals surface area contributed by atoms with E-state index in [4.69, 9.17) is 0 Å². The molecule has 4 saturated carbocycles. The number of aliphatic hydroxyl groups excluding tert-OH is 2. The van der Waals surface area contributed by atoms with Gasteiger partial charge in [-0.1, -0.05) is 26.7 Å². The smallest absolute Gasteiger partial charge is 0.165 e. The third-order valence-corrected chi connectivity index (χ3v) is 8.45. The second kappa shape index (κ2) is 4.80. The van der Waals surface area contributed by atoms with E-state index < -0.39 is 17.1 Å². The van der Waals surface area contributed by atoms with Crippen LogP contribution in [0.25, 0.3) is 0 Å². The summed E-state index contributed by atoms with van der Waals surface area (Å²) in [5.74, 6) is 0.364. The molecule has 0 aliphatic heterocycles. The zero-order valence-corrected chi connectivity index (χ0v) is 14.3. The van der Waals surface area contributed by atoms with E-state index >= 15 is 0 Å². The van der Waals surface area contributed by atoms with Gasteiger partial charge in [0.05, 0.1) is 12.2 Å². The Bertz CT molecular complexity index is 533. The van der Waals surface area contributed by atoms with E-state index in [0.717, 1.165) is 32.1 Å². The van der Waals surface area contributed by atoms with Crippen molar-refractivity contribution in [3.8, 4) is 0 Å². The predicted molar refractivity (Wildman–Crippen MR) is 85.6 cm³/mol. The van der Waals surface area contributed by atoms with Gasteiger partial charge in [0.1, 0.15) is 5.60 Å². The van der Waals surface area contributed by atoms with Gasteiger partial charge in [0, 0.05) is 11.8 Å². The molecule has 3 N–H and O–H groups in total. The van der Waals surface area contributed by atoms with E-state index in [2.05, 4.69) is 6.92 Å². The molecule has 0 bridgehead atoms. The Balaban J connectivity index is 1.78. The monoisotopic (exact) mass is 322 g/mol. The third kappa shape index (κ3) is 1.81. The van der Waals surface area contributed by atoms with Crippen LogP contribution >= 0.6 is 0 Å². The SMILES string of the molecule is C[C@]12C[C@@H](O)[C@H]3[C@@H](CC(=O)[C@@]4(O)CCCC[C@]34C)[C@@H]1CC[C@@H]2O. The van der Waals surface area contributed by atoms with Crippen LogP contribution in [0, 0.1) is 28.6 Å². The fourth-order valence-corrected chi connectivity index (χ4v) is 7.16. The Morgan fingerprint density at radius 2 is 1.78 bits per heavy atom. The molecule has 0 heterocycles. The molecule has 4 heteroatoms. The number of hydrogen-bond donors (Lipinski definition) is 3. The Morgan fingerprint density at radius 1 is 1.09 bits per heavy atom. The maximum Gasteiger partial charge on any atom is 0.165 e. The van der Waals surface area contributed by atoms with Gasteiger partial charge < -0.3 is 15.3 Å². The van der Waals surface area contributed by atoms with Crippen molar-refractivity contribution < 1.29 is 20.1 Å². The summed E-state index contributed by atoms with van der Waals surface area (Å²) in [6.07, 6.45) is 5.05. The fourth-order valence-electron chi connectivity index (χ4n) is 7.16. The topological polar surface area (TPSA) is 77.8 Å². The van der Waals surface area contributed by atoms with Crippen molar-refractivity contribution in [2.24, 2.45) is 28.6 Å². The van der Waals surface area contributed by atoms with Crippen LogP contribution in [-0.2, 0) is 4.79 Å². The quantitative estimate of drug-likeness (QED) is 0.638. The summed E-state index contributed by atoms with van der Waals surface area (Å²) >= 11 is 0. The molecule has 0 aromatic rings. The predicted octanol–water partition coefficient (Wildman–Crippen LogP) is 2.04. The lowest BCUT2D eigenvalue weighted by atomic mass is 9.42. The number of Topliss-reactive ketones (excluding diaryl/α,β-unsaturated/α-hetero) is 1. The normalized spacial score (nSPS) is 59.2. The summed E-state index contributed by atoms with van der Waals surface area (Å²) in [5.41, 5.74) is -2.04. The molecule has 4 rings (SSSR count). The van der Waals surface area contributed by atoms with Crippen LogP contribution in [0.1, 0.15) is 65.2 Å². The third-order valence-electron chi connectivity index (χ3n) is 8.45. The number of ketones is 1. The molecule has 0 aromatic heterocycles. The van der Waals surface area contributed by atoms with Crippen LogP contribution in [0.4, 0.5) is 0 Å². The minimum absolute atomic E-state index is 0.0150. The molecule has 4 nitrogen and oxygen atoms in total. The van der Waals surface area contributed by atoms with Crippen molar-refractivity contribution >= 4 is 5.78 Å². The molecular formula is C19H30O4. The molecule has 8 atom stereocenters. The van der Waals surface area contributed by atoms with Gasteiger partial charge in [-0.2, -0.15) is 0 Å². The second-order valence-corrected chi connectivity index (χ2v) is 9.28. The van der Waals surface area contributed by atoms with Crippen LogP contribution in [0.3, 0.4) is 0 Å². The van der Waals surface area contributed by atoms with Gasteiger partial charge in [0.25, 0.3) is 0 Å². The summed E-state index contributed by atoms with van der Waals surface area (Å²) in [4.78, 5) is 12.9. The number of carbonyl (C=O) groups excluding carboxylic acids is 1. The van der Waals surface area contributed by atoms with Gasteiger partial charge in [-0.3, -0.25) is 4.79 Å². The minimum Gasteiger partial charge on any atom is -0.393 e. The van der Waals surface area contributed by atoms with Crippen LogP contribution in [0.15, 0.2) is 0 Å². The summed E-state index contributed by atoms with van der Waals surface area (Å²) in [5, 5.41) is 32.7. The lowest BCUT2D eigenvalue weighted by Gasteiger charge is -2.63. The highest BCUT2D eigenvalue weighted by atomic mass is 16.3. The van der Waals surface area contributed by atoms with E-state index in [9.17, 15) is 20.1 Å². The van der Waals surface area contributed by atoms with Crippen LogP contribution in [-0.4, -0.2) is 38.9 Å². The van der Waals surface area contributed by atoms with Crippen molar-refractivity contribution in [1.82, 2.24) is 0 Å². The molecule has 0 saturated heterocycles. The summed E-state index contributed by atoms with van der Waals surface area (Å²) in [7, 11) is 0. The van der Waals surface area contributed by atoms with Crippen LogP contribution in [0.5, 0.6) is 0 Å². The summed E-state index contributed by atoms with van der Waals surface area (Å²) < 4.78 is 0. The average Bonchev–Trinajstić information content (AvgIpc) is 2.76. The largest absolute Gasteiger partial charge is 0.393 e. The average molecular weight is 322 g/mol. The van der Waals surface area contributed by atoms with E-state index in [1.165, 1.54) is 0 Å². The van der Waals surface area contributed by atoms with Crippen molar-refractivity contribution in [3.05, 3.63) is 0 Å². The first kappa shape index (κ1) is 16.0. The number of hydrogen-bond acceptors (Lipinski definition) is 4. The maximum absolute atomic E-state index is 12.9. The zero-order chi connectivity index (χ0) is 16.6. The molecule has 4 aliphatic rings. The van der Waals surface area contributed by atoms with Gasteiger partial charge in [-0.25, -0.2) is 0 Å². The first-order chi connectivity index (χ1) is 10.7. The molecule has 0 aromatic carbocycles. The van der Waals surface area contributed by atoms with Gasteiger partial charge in [0.2, 0.25) is 0 Å². The van der Waals surface area contributed by atoms with Crippen molar-refractivity contribution in [2.45, 2.75) is 83.0 Å². The molecule has 0 unspecified atom stereocenters. The van der Waals surface area contributed by atoms with Gasteiger partial charge in [-0.05, 0) is 55.3 Å². The van der Waals surface area contributed by atoms with E-state index in [1.807, 2.05) is 6.92 Å². The second-order valence-electron chi connectivity index (χ2n) is 9.28. The van der Waals surface area contributed by atoms with E-state index in [-0.39, 0.29) is 35.1 Å². The van der Waals surface area contributed by atoms with Crippen molar-refractivity contribution in [2.75, 3.05) is 0 Å². The standard InChI is InChI=1S/C19H30O4/c1-17-10-13(20)16-11(12(17)5-6-14(17)21)9-15(22)19(23)8-4-3-7-18(16,19)2/h11-14,16,20-21,23H,3-10H2,1-2H3/t11-,12-,13+,14-,16+,17-,18+,19-/m0/s1. The zero-order valence-electron chi connectivity index (χ0n) is 14.3. The van der Waals surface area contributed by atoms with Gasteiger partial charge in [0.15, 0.2) is 5.78 Å². The summed E-state index contributed by atoms with van der Waals surface area (Å²) in [6.45, 7) is 4.13. The minimum atomic E-state index is -1.25. The Kier molecular flexibility index (Phi) is 3.35. The van der Waals surface area contributed by atoms with Crippen LogP contribution in [0.2, 0.25) is 0 Å². The van der Waals surface area contributed by atoms with Crippen molar-refractivity contribution in [3.63, 3.8) is 0 Å². The Morgan fingerprint density at radius 3 is 2.52 bits per heavy atom. The molecule has 0 spiro atoms. The highest BCUT2D eigenvalue weighted by molar-refractivity contribution is 5.89. The Hall–Kier alpha value is -0.450. The molecule has 4 aliphatic carbocycles. The highest BCUT2D eigenvalue weighted by Gasteiger charge is 2.68. The van der Waals surface area contributed by atoms with Crippen molar-refractivity contribution in [1.29, 1.82) is 0 Å². The number of rotatable bonds is 0. The molecule has 0 radical (unpaired) electrons. The summed E-state index contributed by atoms with van der Waals surface area (Å²) in [6, 6.07) is 0. The highest BCUT2D eigenvalue weighted by Crippen LogP contribution is 2.66. The van der Waals surface area contributed by atoms with Gasteiger partial charge >= 0.3 is 0 Å². The lowest BCUT2D eigenvalue weighted by Crippen LogP contribution is -2.68. The van der Waals surface area contributed by atoms with E-state index in [0.29, 0.717) is 19.3 Å². The molecule has 4 fully saturated rings. The molecular weight excluding hydrogens is 292 g/mol. The van der Waals surface area contributed by atoms with Crippen LogP contribution < -0.4 is 0 Å². The maximum atomic E-state index is 12.9. The molecule has 0 amide bonds. The number of carbonyl (C=O) groups is 1. The molecule has 130 valence electrons. The fraction of sp³-hybridized carbons (Fsp3) is 0.947. The number of fused-ring (bicyclic) bond motifs is 5. The van der Waals surface area contributed by atoms with Gasteiger partial charge in [-0.15, -0.1) is 0 Å².